The molecule has 2 heterocycles. The molecule has 11 heteroatoms. The highest BCUT2D eigenvalue weighted by Gasteiger charge is 2.50. The molecule has 1 aliphatic rings. The summed E-state index contributed by atoms with van der Waals surface area (Å²) in [5.41, 5.74) is -0.141. The second-order valence-corrected chi connectivity index (χ2v) is 12.7. The fourth-order valence-electron chi connectivity index (χ4n) is 6.28. The number of nitro groups is 1. The molecule has 4 aromatic carbocycles. The smallest absolute Gasteiger partial charge is 0.301 e. The number of para-hydroxylation sites is 1. The van der Waals surface area contributed by atoms with Gasteiger partial charge in [-0.25, -0.2) is 18.1 Å². The molecule has 0 N–H and O–H groups in total. The van der Waals surface area contributed by atoms with Crippen molar-refractivity contribution in [2.24, 2.45) is 0 Å². The van der Waals surface area contributed by atoms with Crippen LogP contribution >= 0.6 is 11.8 Å². The number of benzene rings is 4. The van der Waals surface area contributed by atoms with Crippen molar-refractivity contribution in [1.82, 2.24) is 14.0 Å². The van der Waals surface area contributed by atoms with Crippen molar-refractivity contribution in [2.75, 3.05) is 13.6 Å². The number of thioether (sulfide) groups is 1. The number of likely N-dealkylation sites (N-methyl/N-ethyl adjacent to an activating group) is 1. The van der Waals surface area contributed by atoms with Gasteiger partial charge in [-0.1, -0.05) is 85.4 Å². The van der Waals surface area contributed by atoms with E-state index in [2.05, 4.69) is 4.90 Å². The largest absolute Gasteiger partial charge is 0.336 e. The Morgan fingerprint density at radius 1 is 0.891 bits per heavy atom. The molecule has 2 atom stereocenters. The number of fused-ring (bicyclic) bond motifs is 1. The van der Waals surface area contributed by atoms with Crippen LogP contribution in [-0.2, 0) is 18.5 Å². The Bertz CT molecular complexity index is 2010. The molecule has 8 nitrogen and oxygen atoms in total. The van der Waals surface area contributed by atoms with Crippen LogP contribution in [0.4, 0.5) is 14.5 Å². The van der Waals surface area contributed by atoms with Gasteiger partial charge in [0.25, 0.3) is 11.2 Å². The molecule has 46 heavy (non-hydrogen) atoms. The van der Waals surface area contributed by atoms with Crippen LogP contribution in [0.15, 0.2) is 118 Å². The van der Waals surface area contributed by atoms with Gasteiger partial charge in [0.15, 0.2) is 0 Å². The second kappa shape index (κ2) is 12.5. The molecule has 1 aliphatic heterocycles. The zero-order valence-corrected chi connectivity index (χ0v) is 25.9. The molecule has 0 amide bonds. The highest BCUT2D eigenvalue weighted by Crippen LogP contribution is 2.57. The Morgan fingerprint density at radius 2 is 1.50 bits per heavy atom. The first-order chi connectivity index (χ1) is 22.1. The monoisotopic (exact) mass is 640 g/mol. The summed E-state index contributed by atoms with van der Waals surface area (Å²) in [6.45, 7) is 2.42. The summed E-state index contributed by atoms with van der Waals surface area (Å²) < 4.78 is 32.3. The Kier molecular flexibility index (Phi) is 8.45. The second-order valence-electron chi connectivity index (χ2n) is 11.6. The summed E-state index contributed by atoms with van der Waals surface area (Å²) in [6.07, 6.45) is 0. The summed E-state index contributed by atoms with van der Waals surface area (Å²) in [6, 6.07) is 28.0. The molecule has 2 unspecified atom stereocenters. The minimum absolute atomic E-state index is 0.0782. The van der Waals surface area contributed by atoms with E-state index in [4.69, 9.17) is 0 Å². The van der Waals surface area contributed by atoms with Crippen molar-refractivity contribution < 1.29 is 13.7 Å². The Hall–Kier alpha value is -4.87. The molecule has 0 saturated heterocycles. The number of hydrogen-bond donors (Lipinski definition) is 0. The lowest BCUT2D eigenvalue weighted by Gasteiger charge is -2.35. The van der Waals surface area contributed by atoms with Crippen LogP contribution in [0, 0.1) is 21.7 Å². The predicted molar refractivity (Wildman–Crippen MR) is 174 cm³/mol. The average Bonchev–Trinajstić information content (AvgIpc) is 3.33. The van der Waals surface area contributed by atoms with Crippen LogP contribution in [0.1, 0.15) is 34.4 Å². The van der Waals surface area contributed by atoms with E-state index in [1.54, 1.807) is 42.5 Å². The van der Waals surface area contributed by atoms with Crippen molar-refractivity contribution in [3.05, 3.63) is 168 Å². The van der Waals surface area contributed by atoms with Gasteiger partial charge in [-0.05, 0) is 42.4 Å². The fraction of sp³-hybridized carbons (Fsp3) is 0.200. The summed E-state index contributed by atoms with van der Waals surface area (Å²) in [5, 5.41) is 11.3. The van der Waals surface area contributed by atoms with Crippen LogP contribution in [-0.4, -0.2) is 32.5 Å². The van der Waals surface area contributed by atoms with Crippen LogP contribution in [0.3, 0.4) is 0 Å². The first kappa shape index (κ1) is 31.1. The lowest BCUT2D eigenvalue weighted by Crippen LogP contribution is -2.47. The minimum Gasteiger partial charge on any atom is -0.301 e. The molecule has 1 aromatic heterocycles. The van der Waals surface area contributed by atoms with Gasteiger partial charge in [-0.2, -0.15) is 0 Å². The predicted octanol–water partition coefficient (Wildman–Crippen LogP) is 6.47. The maximum absolute atomic E-state index is 15.0. The first-order valence-corrected chi connectivity index (χ1v) is 15.5. The van der Waals surface area contributed by atoms with E-state index < -0.39 is 45.0 Å². The number of halogens is 2. The summed E-state index contributed by atoms with van der Waals surface area (Å²) >= 11 is 1.26. The minimum atomic E-state index is -0.948. The van der Waals surface area contributed by atoms with Gasteiger partial charge in [-0.15, -0.1) is 0 Å². The molecule has 0 bridgehead atoms. The number of rotatable bonds is 9. The highest BCUT2D eigenvalue weighted by atomic mass is 32.2. The van der Waals surface area contributed by atoms with Crippen molar-refractivity contribution in [2.45, 2.75) is 35.7 Å². The molecule has 0 aliphatic carbocycles. The zero-order chi connectivity index (χ0) is 32.6. The maximum atomic E-state index is 15.0. The third-order valence-corrected chi connectivity index (χ3v) is 10.0. The van der Waals surface area contributed by atoms with Gasteiger partial charge < -0.3 is 4.90 Å². The number of non-ortho nitro benzene ring substituents is 1. The number of hydrogen-bond acceptors (Lipinski definition) is 6. The average molecular weight is 641 g/mol. The van der Waals surface area contributed by atoms with E-state index in [9.17, 15) is 19.7 Å². The summed E-state index contributed by atoms with van der Waals surface area (Å²) in [4.78, 5) is 41.8. The van der Waals surface area contributed by atoms with E-state index in [1.165, 1.54) is 34.5 Å². The van der Waals surface area contributed by atoms with Crippen molar-refractivity contribution >= 4 is 17.4 Å². The Balaban J connectivity index is 1.59. The maximum Gasteiger partial charge on any atom is 0.336 e. The summed E-state index contributed by atoms with van der Waals surface area (Å²) in [5.74, 6) is -1.61. The normalized spacial score (nSPS) is 17.3. The van der Waals surface area contributed by atoms with E-state index in [0.29, 0.717) is 34.9 Å². The topological polar surface area (TPSA) is 90.4 Å². The van der Waals surface area contributed by atoms with Crippen molar-refractivity contribution in [3.8, 4) is 5.69 Å². The molecule has 0 saturated carbocycles. The van der Waals surface area contributed by atoms with Gasteiger partial charge in [0, 0.05) is 41.5 Å². The SMILES string of the molecule is CN(Cc1ccccc1)CC1(C)c2c(n(Cc3c(F)cccc3F)c(=O)n(-c3ccccc3)c2=O)SC1c1ccc([N+](=O)[O-])cc1. The van der Waals surface area contributed by atoms with Crippen molar-refractivity contribution in [3.63, 3.8) is 0 Å². The Morgan fingerprint density at radius 3 is 2.11 bits per heavy atom. The van der Waals surface area contributed by atoms with E-state index in [-0.39, 0.29) is 11.3 Å². The first-order valence-electron chi connectivity index (χ1n) is 14.6. The van der Waals surface area contributed by atoms with Gasteiger partial charge in [0.05, 0.1) is 27.7 Å². The third kappa shape index (κ3) is 5.67. The van der Waals surface area contributed by atoms with Crippen LogP contribution in [0.2, 0.25) is 0 Å². The Labute approximate surface area is 267 Å². The van der Waals surface area contributed by atoms with E-state index >= 15 is 8.78 Å². The quantitative estimate of drug-likeness (QED) is 0.104. The molecular weight excluding hydrogens is 610 g/mol. The standard InChI is InChI=1S/C35H30F2N4O4S/c1-35(22-38(2)20-23-10-5-3-6-11-23)30-32(42)40(25-12-7-4-8-13-25)34(43)39(21-27-28(36)14-9-15-29(27)37)33(30)46-31(35)24-16-18-26(19-17-24)41(44)45/h3-19,31H,20-22H2,1-2H3. The number of nitro benzene ring substituents is 1. The highest BCUT2D eigenvalue weighted by molar-refractivity contribution is 7.99. The molecule has 5 aromatic rings. The molecular formula is C35H30F2N4O4S. The van der Waals surface area contributed by atoms with Crippen LogP contribution in [0.5, 0.6) is 0 Å². The van der Waals surface area contributed by atoms with Gasteiger partial charge in [0.1, 0.15) is 11.6 Å². The molecule has 6 rings (SSSR count). The lowest BCUT2D eigenvalue weighted by atomic mass is 9.77. The third-order valence-electron chi connectivity index (χ3n) is 8.37. The number of aromatic nitrogens is 2. The zero-order valence-electron chi connectivity index (χ0n) is 25.1. The van der Waals surface area contributed by atoms with Gasteiger partial charge in [0.2, 0.25) is 0 Å². The molecule has 0 fully saturated rings. The van der Waals surface area contributed by atoms with Gasteiger partial charge >= 0.3 is 5.69 Å². The van der Waals surface area contributed by atoms with Gasteiger partial charge in [-0.3, -0.25) is 19.5 Å². The van der Waals surface area contributed by atoms with Crippen LogP contribution in [0.25, 0.3) is 5.69 Å². The molecule has 0 spiro atoms. The molecule has 0 radical (unpaired) electrons. The summed E-state index contributed by atoms with van der Waals surface area (Å²) in [7, 11) is 1.94. The van der Waals surface area contributed by atoms with E-state index in [1.807, 2.05) is 44.3 Å². The van der Waals surface area contributed by atoms with Crippen molar-refractivity contribution in [1.29, 1.82) is 0 Å². The lowest BCUT2D eigenvalue weighted by molar-refractivity contribution is -0.384. The number of nitrogens with zero attached hydrogens (tertiary/aromatic N) is 4. The molecule has 234 valence electrons. The fourth-order valence-corrected chi connectivity index (χ4v) is 7.96. The van der Waals surface area contributed by atoms with E-state index in [0.717, 1.165) is 22.3 Å². The van der Waals surface area contributed by atoms with Crippen LogP contribution < -0.4 is 11.2 Å².